The lowest BCUT2D eigenvalue weighted by molar-refractivity contribution is -0.140. The van der Waals surface area contributed by atoms with Gasteiger partial charge in [-0.15, -0.1) is 0 Å². The molecule has 252 valence electrons. The van der Waals surface area contributed by atoms with Crippen LogP contribution < -0.4 is 14.4 Å². The average Bonchev–Trinajstić information content (AvgIpc) is 3.10. The molecule has 8 nitrogen and oxygen atoms in total. The summed E-state index contributed by atoms with van der Waals surface area (Å²) >= 11 is 12.3. The second-order valence-electron chi connectivity index (χ2n) is 11.9. The van der Waals surface area contributed by atoms with Crippen molar-refractivity contribution in [2.75, 3.05) is 18.0 Å². The number of nitrogens with one attached hydrogen (secondary N) is 1. The van der Waals surface area contributed by atoms with E-state index in [9.17, 15) is 18.0 Å². The number of benzene rings is 4. The molecule has 5 rings (SSSR count). The number of nitrogens with zero attached hydrogens (tertiary/aromatic N) is 2. The monoisotopic (exact) mass is 707 g/mol. The first-order chi connectivity index (χ1) is 23.1. The van der Waals surface area contributed by atoms with Crippen LogP contribution in [0.4, 0.5) is 5.69 Å². The highest BCUT2D eigenvalue weighted by atomic mass is 35.5. The van der Waals surface area contributed by atoms with Crippen LogP contribution in [0.25, 0.3) is 0 Å². The molecule has 0 bridgehead atoms. The Morgan fingerprint density at radius 1 is 0.812 bits per heavy atom. The van der Waals surface area contributed by atoms with Gasteiger partial charge in [0.2, 0.25) is 11.8 Å². The number of anilines is 1. The fourth-order valence-electron chi connectivity index (χ4n) is 5.90. The van der Waals surface area contributed by atoms with Gasteiger partial charge in [0.25, 0.3) is 10.0 Å². The number of sulfonamides is 1. The van der Waals surface area contributed by atoms with Crippen LogP contribution in [0, 0.1) is 0 Å². The predicted molar refractivity (Wildman–Crippen MR) is 190 cm³/mol. The van der Waals surface area contributed by atoms with Crippen LogP contribution in [0.2, 0.25) is 10.0 Å². The van der Waals surface area contributed by atoms with Gasteiger partial charge < -0.3 is 15.0 Å². The molecule has 0 unspecified atom stereocenters. The third-order valence-corrected chi connectivity index (χ3v) is 10.8. The summed E-state index contributed by atoms with van der Waals surface area (Å²) in [7, 11) is -2.76. The van der Waals surface area contributed by atoms with Gasteiger partial charge in [0.15, 0.2) is 0 Å². The number of carbonyl (C=O) groups excluding carboxylic acids is 2. The number of halogens is 2. The lowest BCUT2D eigenvalue weighted by atomic mass is 9.94. The lowest BCUT2D eigenvalue weighted by Gasteiger charge is -2.35. The standard InChI is InChI=1S/C37H39Cl2N3O5S/c1-47-33-20-22-34(23-21-33)48(45,46)42(32-18-16-30(39)17-19-32)26-36(43)41(25-28-12-14-29(38)15-13-28)35(24-27-8-4-2-5-9-27)37(44)40-31-10-6-3-7-11-31/h2,4-5,8-9,12-23,31,35H,3,6-7,10-11,24-26H2,1H3,(H,40,44)/t35-/m1/s1. The molecule has 0 saturated heterocycles. The van der Waals surface area contributed by atoms with Crippen LogP contribution in [0.5, 0.6) is 5.75 Å². The van der Waals surface area contributed by atoms with Crippen molar-refractivity contribution in [3.8, 4) is 5.75 Å². The molecule has 0 spiro atoms. The number of rotatable bonds is 13. The molecule has 0 aliphatic heterocycles. The van der Waals surface area contributed by atoms with Crippen LogP contribution >= 0.6 is 23.2 Å². The Hall–Kier alpha value is -4.05. The third kappa shape index (κ3) is 9.09. The highest BCUT2D eigenvalue weighted by molar-refractivity contribution is 7.92. The zero-order valence-electron chi connectivity index (χ0n) is 26.7. The van der Waals surface area contributed by atoms with Crippen molar-refractivity contribution in [3.05, 3.63) is 124 Å². The largest absolute Gasteiger partial charge is 0.497 e. The van der Waals surface area contributed by atoms with Gasteiger partial charge in [-0.2, -0.15) is 0 Å². The maximum atomic E-state index is 14.6. The molecule has 1 aliphatic carbocycles. The van der Waals surface area contributed by atoms with E-state index in [0.717, 1.165) is 47.5 Å². The van der Waals surface area contributed by atoms with Gasteiger partial charge in [0.1, 0.15) is 18.3 Å². The molecule has 1 atom stereocenters. The molecule has 11 heteroatoms. The summed E-state index contributed by atoms with van der Waals surface area (Å²) in [5.41, 5.74) is 1.87. The first kappa shape index (κ1) is 35.3. The second-order valence-corrected chi connectivity index (χ2v) is 14.6. The van der Waals surface area contributed by atoms with Gasteiger partial charge in [-0.05, 0) is 84.6 Å². The zero-order chi connectivity index (χ0) is 34.1. The Bertz CT molecular complexity index is 1760. The van der Waals surface area contributed by atoms with Gasteiger partial charge >= 0.3 is 0 Å². The summed E-state index contributed by atoms with van der Waals surface area (Å²) in [5.74, 6) is -0.328. The minimum absolute atomic E-state index is 0.0121. The fourth-order valence-corrected chi connectivity index (χ4v) is 7.56. The van der Waals surface area contributed by atoms with E-state index in [-0.39, 0.29) is 35.5 Å². The molecule has 2 amide bonds. The highest BCUT2D eigenvalue weighted by Crippen LogP contribution is 2.28. The molecule has 1 fully saturated rings. The van der Waals surface area contributed by atoms with E-state index in [4.69, 9.17) is 27.9 Å². The second kappa shape index (κ2) is 16.4. The Labute approximate surface area is 292 Å². The summed E-state index contributed by atoms with van der Waals surface area (Å²) in [6.45, 7) is -0.506. The highest BCUT2D eigenvalue weighted by Gasteiger charge is 2.35. The Balaban J connectivity index is 1.55. The molecule has 1 saturated carbocycles. The van der Waals surface area contributed by atoms with Gasteiger partial charge in [0.05, 0.1) is 17.7 Å². The Morgan fingerprint density at radius 2 is 1.42 bits per heavy atom. The molecular formula is C37H39Cl2N3O5S. The van der Waals surface area contributed by atoms with Crippen molar-refractivity contribution in [1.82, 2.24) is 10.2 Å². The van der Waals surface area contributed by atoms with Crippen LogP contribution in [-0.4, -0.2) is 50.9 Å². The molecule has 1 N–H and O–H groups in total. The van der Waals surface area contributed by atoms with Crippen molar-refractivity contribution >= 4 is 50.7 Å². The van der Waals surface area contributed by atoms with Crippen molar-refractivity contribution in [2.24, 2.45) is 0 Å². The number of carbonyl (C=O) groups is 2. The van der Waals surface area contributed by atoms with Crippen LogP contribution in [-0.2, 0) is 32.6 Å². The van der Waals surface area contributed by atoms with Crippen molar-refractivity contribution in [1.29, 1.82) is 0 Å². The minimum Gasteiger partial charge on any atom is -0.497 e. The normalized spacial score (nSPS) is 14.1. The summed E-state index contributed by atoms with van der Waals surface area (Å²) < 4.78 is 34.7. The number of ether oxygens (including phenoxy) is 1. The van der Waals surface area contributed by atoms with Crippen LogP contribution in [0.3, 0.4) is 0 Å². The fraction of sp³-hybridized carbons (Fsp3) is 0.297. The van der Waals surface area contributed by atoms with E-state index >= 15 is 0 Å². The third-order valence-electron chi connectivity index (χ3n) is 8.53. The topological polar surface area (TPSA) is 96.0 Å². The average molecular weight is 709 g/mol. The van der Waals surface area contributed by atoms with Crippen molar-refractivity contribution in [3.63, 3.8) is 0 Å². The summed E-state index contributed by atoms with van der Waals surface area (Å²) in [5, 5.41) is 4.16. The number of methoxy groups -OCH3 is 1. The van der Waals surface area contributed by atoms with Gasteiger partial charge in [-0.1, -0.05) is 84.9 Å². The van der Waals surface area contributed by atoms with Crippen LogP contribution in [0.15, 0.2) is 108 Å². The quantitative estimate of drug-likeness (QED) is 0.158. The molecule has 0 heterocycles. The number of hydrogen-bond acceptors (Lipinski definition) is 5. The van der Waals surface area contributed by atoms with Crippen molar-refractivity contribution < 1.29 is 22.7 Å². The molecule has 1 aliphatic rings. The number of amides is 2. The van der Waals surface area contributed by atoms with E-state index in [1.807, 2.05) is 30.3 Å². The predicted octanol–water partition coefficient (Wildman–Crippen LogP) is 7.29. The van der Waals surface area contributed by atoms with Crippen LogP contribution in [0.1, 0.15) is 43.2 Å². The minimum atomic E-state index is -4.26. The molecule has 48 heavy (non-hydrogen) atoms. The van der Waals surface area contributed by atoms with Gasteiger partial charge in [-0.25, -0.2) is 8.42 Å². The first-order valence-electron chi connectivity index (χ1n) is 15.9. The van der Waals surface area contributed by atoms with E-state index in [1.165, 1.54) is 24.1 Å². The smallest absolute Gasteiger partial charge is 0.264 e. The van der Waals surface area contributed by atoms with Crippen molar-refractivity contribution in [2.45, 2.75) is 62.0 Å². The van der Waals surface area contributed by atoms with E-state index < -0.39 is 28.5 Å². The van der Waals surface area contributed by atoms with E-state index in [1.54, 1.807) is 60.7 Å². The lowest BCUT2D eigenvalue weighted by Crippen LogP contribution is -2.55. The Kier molecular flexibility index (Phi) is 12.0. The maximum absolute atomic E-state index is 14.6. The van der Waals surface area contributed by atoms with Gasteiger partial charge in [-0.3, -0.25) is 13.9 Å². The molecule has 4 aromatic carbocycles. The molecule has 4 aromatic rings. The first-order valence-corrected chi connectivity index (χ1v) is 18.1. The zero-order valence-corrected chi connectivity index (χ0v) is 29.1. The van der Waals surface area contributed by atoms with E-state index in [2.05, 4.69) is 5.32 Å². The summed E-state index contributed by atoms with van der Waals surface area (Å²) in [6.07, 6.45) is 5.18. The SMILES string of the molecule is COc1ccc(S(=O)(=O)N(CC(=O)N(Cc2ccc(Cl)cc2)[C@H](Cc2ccccc2)C(=O)NC2CCCCC2)c2ccc(Cl)cc2)cc1. The number of hydrogen-bond donors (Lipinski definition) is 1. The maximum Gasteiger partial charge on any atom is 0.264 e. The Morgan fingerprint density at radius 3 is 2.02 bits per heavy atom. The van der Waals surface area contributed by atoms with Gasteiger partial charge in [0, 0.05) is 29.1 Å². The molecule has 0 aromatic heterocycles. The molecular weight excluding hydrogens is 669 g/mol. The van der Waals surface area contributed by atoms with E-state index in [0.29, 0.717) is 15.8 Å². The summed E-state index contributed by atoms with van der Waals surface area (Å²) in [6, 6.07) is 27.8. The molecule has 0 radical (unpaired) electrons. The summed E-state index contributed by atoms with van der Waals surface area (Å²) in [4.78, 5) is 30.3.